The molecule has 0 aliphatic rings. The van der Waals surface area contributed by atoms with Gasteiger partial charge in [0.25, 0.3) is 5.91 Å². The highest BCUT2D eigenvalue weighted by molar-refractivity contribution is 5.88. The van der Waals surface area contributed by atoms with Gasteiger partial charge < -0.3 is 15.4 Å². The zero-order chi connectivity index (χ0) is 19.0. The third-order valence-corrected chi connectivity index (χ3v) is 3.54. The number of carbonyl (C=O) groups excluding carboxylic acids is 3. The Morgan fingerprint density at radius 2 is 1.56 bits per heavy atom. The lowest BCUT2D eigenvalue weighted by molar-refractivity contribution is -0.158. The monoisotopic (exact) mass is 348 g/mol. The van der Waals surface area contributed by atoms with E-state index in [1.54, 1.807) is 0 Å². The third-order valence-electron chi connectivity index (χ3n) is 3.54. The highest BCUT2D eigenvalue weighted by Crippen LogP contribution is 2.08. The van der Waals surface area contributed by atoms with Crippen molar-refractivity contribution >= 4 is 17.8 Å². The van der Waals surface area contributed by atoms with Crippen molar-refractivity contribution in [2.75, 3.05) is 0 Å². The van der Waals surface area contributed by atoms with Gasteiger partial charge in [0.05, 0.1) is 6.42 Å². The summed E-state index contributed by atoms with van der Waals surface area (Å²) in [5.41, 5.74) is 0.862. The van der Waals surface area contributed by atoms with Crippen LogP contribution in [-0.4, -0.2) is 36.0 Å². The number of rotatable bonds is 8. The number of carbonyl (C=O) groups is 3. The fraction of sp³-hybridized carbons (Fsp3) is 0.526. The second-order valence-electron chi connectivity index (χ2n) is 6.69. The van der Waals surface area contributed by atoms with Crippen LogP contribution in [0.4, 0.5) is 0 Å². The highest BCUT2D eigenvalue weighted by Gasteiger charge is 2.29. The van der Waals surface area contributed by atoms with Gasteiger partial charge in [-0.25, -0.2) is 4.79 Å². The molecule has 0 bridgehead atoms. The Balaban J connectivity index is 2.64. The van der Waals surface area contributed by atoms with E-state index in [-0.39, 0.29) is 30.2 Å². The van der Waals surface area contributed by atoms with E-state index in [9.17, 15) is 14.4 Å². The van der Waals surface area contributed by atoms with Gasteiger partial charge in [0.2, 0.25) is 5.91 Å². The zero-order valence-electron chi connectivity index (χ0n) is 15.5. The van der Waals surface area contributed by atoms with Crippen molar-refractivity contribution in [3.05, 3.63) is 35.9 Å². The standard InChI is InChI=1S/C19H28N2O4/c1-12(2)17(19(24)25-14(5)18(23)20-13(3)4)21-16(22)11-15-9-7-6-8-10-15/h6-10,12-14,17H,11H2,1-5H3,(H,20,23)(H,21,22)/t14-,17-/m0/s1. The van der Waals surface area contributed by atoms with Crippen LogP contribution in [0, 0.1) is 5.92 Å². The van der Waals surface area contributed by atoms with E-state index in [1.807, 2.05) is 58.0 Å². The van der Waals surface area contributed by atoms with E-state index in [4.69, 9.17) is 4.74 Å². The van der Waals surface area contributed by atoms with E-state index in [0.29, 0.717) is 0 Å². The van der Waals surface area contributed by atoms with E-state index in [1.165, 1.54) is 6.92 Å². The minimum Gasteiger partial charge on any atom is -0.451 e. The summed E-state index contributed by atoms with van der Waals surface area (Å²) >= 11 is 0. The van der Waals surface area contributed by atoms with Gasteiger partial charge in [-0.15, -0.1) is 0 Å². The quantitative estimate of drug-likeness (QED) is 0.702. The summed E-state index contributed by atoms with van der Waals surface area (Å²) in [4.78, 5) is 36.4. The maximum atomic E-state index is 12.4. The number of benzene rings is 1. The minimum atomic E-state index is -0.915. The molecule has 1 aromatic rings. The SMILES string of the molecule is CC(C)NC(=O)[C@H](C)OC(=O)[C@@H](NC(=O)Cc1ccccc1)C(C)C. The number of esters is 1. The van der Waals surface area contributed by atoms with Crippen molar-refractivity contribution in [3.8, 4) is 0 Å². The fourth-order valence-corrected chi connectivity index (χ4v) is 2.21. The molecule has 0 heterocycles. The molecule has 0 spiro atoms. The average molecular weight is 348 g/mol. The van der Waals surface area contributed by atoms with Crippen molar-refractivity contribution in [1.82, 2.24) is 10.6 Å². The first-order chi connectivity index (χ1) is 11.7. The fourth-order valence-electron chi connectivity index (χ4n) is 2.21. The molecule has 1 aromatic carbocycles. The van der Waals surface area contributed by atoms with Gasteiger partial charge in [0.15, 0.2) is 6.10 Å². The Morgan fingerprint density at radius 1 is 0.960 bits per heavy atom. The first kappa shape index (κ1) is 20.7. The molecule has 138 valence electrons. The third kappa shape index (κ3) is 7.37. The molecule has 0 aliphatic carbocycles. The Labute approximate surface area is 149 Å². The molecule has 2 N–H and O–H groups in total. The Morgan fingerprint density at radius 3 is 2.08 bits per heavy atom. The molecule has 0 fully saturated rings. The van der Waals surface area contributed by atoms with Gasteiger partial charge in [0, 0.05) is 6.04 Å². The molecular formula is C19H28N2O4. The number of nitrogens with one attached hydrogen (secondary N) is 2. The molecule has 0 aliphatic heterocycles. The summed E-state index contributed by atoms with van der Waals surface area (Å²) in [5, 5.41) is 5.39. The molecule has 6 heteroatoms. The Kier molecular flexibility index (Phi) is 8.11. The summed E-state index contributed by atoms with van der Waals surface area (Å²) < 4.78 is 5.22. The normalized spacial score (nSPS) is 13.2. The van der Waals surface area contributed by atoms with Gasteiger partial charge in [0.1, 0.15) is 6.04 Å². The van der Waals surface area contributed by atoms with E-state index >= 15 is 0 Å². The van der Waals surface area contributed by atoms with Gasteiger partial charge in [-0.2, -0.15) is 0 Å². The Bertz CT molecular complexity index is 584. The lowest BCUT2D eigenvalue weighted by Crippen LogP contribution is -2.48. The minimum absolute atomic E-state index is 0.0416. The Hall–Kier alpha value is -2.37. The predicted octanol–water partition coefficient (Wildman–Crippen LogP) is 1.83. The van der Waals surface area contributed by atoms with E-state index in [2.05, 4.69) is 10.6 Å². The largest absolute Gasteiger partial charge is 0.451 e. The molecule has 2 amide bonds. The topological polar surface area (TPSA) is 84.5 Å². The van der Waals surface area contributed by atoms with Crippen molar-refractivity contribution in [2.45, 2.75) is 59.2 Å². The summed E-state index contributed by atoms with van der Waals surface area (Å²) in [7, 11) is 0. The first-order valence-electron chi connectivity index (χ1n) is 8.54. The van der Waals surface area contributed by atoms with Crippen molar-refractivity contribution in [2.24, 2.45) is 5.92 Å². The second-order valence-corrected chi connectivity index (χ2v) is 6.69. The smallest absolute Gasteiger partial charge is 0.329 e. The molecule has 0 unspecified atom stereocenters. The van der Waals surface area contributed by atoms with Crippen LogP contribution in [0.3, 0.4) is 0 Å². The number of hydrogen-bond acceptors (Lipinski definition) is 4. The van der Waals surface area contributed by atoms with Gasteiger partial charge >= 0.3 is 5.97 Å². The van der Waals surface area contributed by atoms with Gasteiger partial charge in [-0.05, 0) is 32.3 Å². The predicted molar refractivity (Wildman–Crippen MR) is 95.7 cm³/mol. The van der Waals surface area contributed by atoms with E-state index in [0.717, 1.165) is 5.56 Å². The summed E-state index contributed by atoms with van der Waals surface area (Å²) in [6.07, 6.45) is -0.733. The lowest BCUT2D eigenvalue weighted by atomic mass is 10.0. The molecule has 6 nitrogen and oxygen atoms in total. The molecule has 0 radical (unpaired) electrons. The molecule has 0 saturated carbocycles. The van der Waals surface area contributed by atoms with Crippen LogP contribution in [-0.2, 0) is 25.5 Å². The van der Waals surface area contributed by atoms with Gasteiger partial charge in [-0.3, -0.25) is 9.59 Å². The van der Waals surface area contributed by atoms with Crippen LogP contribution in [0.15, 0.2) is 30.3 Å². The molecule has 25 heavy (non-hydrogen) atoms. The van der Waals surface area contributed by atoms with Crippen molar-refractivity contribution < 1.29 is 19.1 Å². The molecule has 1 rings (SSSR count). The van der Waals surface area contributed by atoms with Crippen LogP contribution in [0.2, 0.25) is 0 Å². The van der Waals surface area contributed by atoms with Gasteiger partial charge in [-0.1, -0.05) is 44.2 Å². The van der Waals surface area contributed by atoms with E-state index < -0.39 is 18.1 Å². The van der Waals surface area contributed by atoms with Crippen LogP contribution in [0.5, 0.6) is 0 Å². The van der Waals surface area contributed by atoms with Crippen LogP contribution in [0.25, 0.3) is 0 Å². The van der Waals surface area contributed by atoms with Crippen LogP contribution >= 0.6 is 0 Å². The zero-order valence-corrected chi connectivity index (χ0v) is 15.5. The maximum Gasteiger partial charge on any atom is 0.329 e. The van der Waals surface area contributed by atoms with Crippen molar-refractivity contribution in [1.29, 1.82) is 0 Å². The summed E-state index contributed by atoms with van der Waals surface area (Å²) in [5.74, 6) is -1.39. The molecule has 0 aromatic heterocycles. The molecule has 0 saturated heterocycles. The second kappa shape index (κ2) is 9.81. The van der Waals surface area contributed by atoms with Crippen LogP contribution in [0.1, 0.15) is 40.2 Å². The van der Waals surface area contributed by atoms with Crippen LogP contribution < -0.4 is 10.6 Å². The lowest BCUT2D eigenvalue weighted by Gasteiger charge is -2.23. The first-order valence-corrected chi connectivity index (χ1v) is 8.54. The average Bonchev–Trinajstić information content (AvgIpc) is 2.52. The number of ether oxygens (including phenoxy) is 1. The summed E-state index contributed by atoms with van der Waals surface area (Å²) in [6.45, 7) is 8.79. The van der Waals surface area contributed by atoms with Crippen molar-refractivity contribution in [3.63, 3.8) is 0 Å². The molecule has 2 atom stereocenters. The molecular weight excluding hydrogens is 320 g/mol. The maximum absolute atomic E-state index is 12.4. The summed E-state index contributed by atoms with van der Waals surface area (Å²) in [6, 6.07) is 8.43. The highest BCUT2D eigenvalue weighted by atomic mass is 16.5. The number of amides is 2. The number of hydrogen-bond donors (Lipinski definition) is 2.